The quantitative estimate of drug-likeness (QED) is 0.536. The van der Waals surface area contributed by atoms with Crippen molar-refractivity contribution in [1.29, 1.82) is 5.26 Å². The van der Waals surface area contributed by atoms with Crippen LogP contribution in [0.4, 0.5) is 4.39 Å². The molecule has 0 aromatic heterocycles. The van der Waals surface area contributed by atoms with Crippen LogP contribution >= 0.6 is 11.6 Å². The summed E-state index contributed by atoms with van der Waals surface area (Å²) in [5, 5.41) is 18.4. The molecule has 2 aliphatic rings. The third kappa shape index (κ3) is 3.76. The fraction of sp³-hybridized carbons (Fsp3) is 0.571. The molecule has 3 rings (SSSR count). The van der Waals surface area contributed by atoms with Gasteiger partial charge >= 0.3 is 5.97 Å². The first-order valence-corrected chi connectivity index (χ1v) is 12.0. The normalized spacial score (nSPS) is 31.9. The third-order valence-corrected chi connectivity index (χ3v) is 9.36. The van der Waals surface area contributed by atoms with E-state index in [0.29, 0.717) is 0 Å². The molecule has 2 unspecified atom stereocenters. The Morgan fingerprint density at radius 1 is 1.41 bits per heavy atom. The third-order valence-electron chi connectivity index (χ3n) is 6.73. The minimum atomic E-state index is -4.15. The standard InChI is InChI=1S/C21H24ClFN2O6S/c1-11(2)31-9-12-5-14(32(29,30)16-4-3-13(23)6-15(16)22)7-21(12,19(27)28)17-8-20(17,10-24)18(25)26/h3-4,6,11-12,14,17H,5,7-9H2,1-2H3,(H2,25,26)(H,27,28)/t12-,14-,17?,20?,21-/m0/s1. The van der Waals surface area contributed by atoms with Crippen molar-refractivity contribution in [1.82, 2.24) is 0 Å². The Bertz CT molecular complexity index is 1100. The van der Waals surface area contributed by atoms with Gasteiger partial charge in [0.15, 0.2) is 9.84 Å². The number of sulfone groups is 1. The largest absolute Gasteiger partial charge is 0.481 e. The number of primary amides is 1. The minimum absolute atomic E-state index is 0.0621. The van der Waals surface area contributed by atoms with Gasteiger partial charge in [-0.1, -0.05) is 11.6 Å². The summed E-state index contributed by atoms with van der Waals surface area (Å²) >= 11 is 5.98. The first kappa shape index (κ1) is 24.4. The number of rotatable bonds is 8. The molecule has 0 bridgehead atoms. The van der Waals surface area contributed by atoms with Gasteiger partial charge in [-0.05, 0) is 51.3 Å². The van der Waals surface area contributed by atoms with Crippen LogP contribution in [0, 0.1) is 39.8 Å². The smallest absolute Gasteiger partial charge is 0.310 e. The number of nitrogens with zero attached hydrogens (tertiary/aromatic N) is 1. The van der Waals surface area contributed by atoms with Crippen LogP contribution in [-0.2, 0) is 24.2 Å². The van der Waals surface area contributed by atoms with Gasteiger partial charge in [0.05, 0.1) is 39.4 Å². The zero-order valence-electron chi connectivity index (χ0n) is 17.5. The highest BCUT2D eigenvalue weighted by molar-refractivity contribution is 7.92. The Labute approximate surface area is 190 Å². The number of carboxylic acid groups (broad SMARTS) is 1. The van der Waals surface area contributed by atoms with Gasteiger partial charge in [0, 0.05) is 11.8 Å². The monoisotopic (exact) mass is 486 g/mol. The Kier molecular flexibility index (Phi) is 6.32. The van der Waals surface area contributed by atoms with Gasteiger partial charge < -0.3 is 15.6 Å². The molecule has 174 valence electrons. The average Bonchev–Trinajstić information content (AvgIpc) is 3.32. The second kappa shape index (κ2) is 8.28. The van der Waals surface area contributed by atoms with E-state index in [1.807, 2.05) is 6.07 Å². The average molecular weight is 487 g/mol. The summed E-state index contributed by atoms with van der Waals surface area (Å²) in [6, 6.07) is 4.74. The molecule has 0 aliphatic heterocycles. The van der Waals surface area contributed by atoms with E-state index in [-0.39, 0.29) is 41.9 Å². The van der Waals surface area contributed by atoms with Crippen molar-refractivity contribution >= 4 is 33.3 Å². The van der Waals surface area contributed by atoms with Crippen molar-refractivity contribution in [3.63, 3.8) is 0 Å². The van der Waals surface area contributed by atoms with E-state index in [9.17, 15) is 32.8 Å². The SMILES string of the molecule is CC(C)OC[C@@H]1C[C@H](S(=O)(=O)c2ccc(F)cc2Cl)C[C@@]1(C(=O)O)C1CC1(C#N)C(N)=O. The van der Waals surface area contributed by atoms with Crippen molar-refractivity contribution in [2.75, 3.05) is 6.61 Å². The Morgan fingerprint density at radius 3 is 2.53 bits per heavy atom. The van der Waals surface area contributed by atoms with E-state index in [0.717, 1.165) is 18.2 Å². The van der Waals surface area contributed by atoms with Crippen molar-refractivity contribution in [3.05, 3.63) is 29.0 Å². The summed E-state index contributed by atoms with van der Waals surface area (Å²) < 4.78 is 45.8. The molecule has 32 heavy (non-hydrogen) atoms. The Balaban J connectivity index is 2.07. The summed E-state index contributed by atoms with van der Waals surface area (Å²) in [7, 11) is -4.15. The number of aliphatic carboxylic acids is 1. The maximum Gasteiger partial charge on any atom is 0.310 e. The number of amides is 1. The first-order chi connectivity index (χ1) is 14.8. The summed E-state index contributed by atoms with van der Waals surface area (Å²) in [4.78, 5) is 24.3. The zero-order valence-corrected chi connectivity index (χ0v) is 19.1. The summed E-state index contributed by atoms with van der Waals surface area (Å²) in [6.45, 7) is 3.44. The predicted octanol–water partition coefficient (Wildman–Crippen LogP) is 2.54. The molecule has 0 saturated heterocycles. The van der Waals surface area contributed by atoms with Crippen LogP contribution in [0.15, 0.2) is 23.1 Å². The van der Waals surface area contributed by atoms with E-state index in [2.05, 4.69) is 0 Å². The molecule has 3 N–H and O–H groups in total. The number of nitriles is 1. The lowest BCUT2D eigenvalue weighted by atomic mass is 9.71. The molecule has 2 fully saturated rings. The van der Waals surface area contributed by atoms with Gasteiger partial charge in [-0.3, -0.25) is 9.59 Å². The van der Waals surface area contributed by atoms with Crippen LogP contribution in [0.25, 0.3) is 0 Å². The van der Waals surface area contributed by atoms with E-state index >= 15 is 0 Å². The van der Waals surface area contributed by atoms with Gasteiger partial charge in [-0.2, -0.15) is 5.26 Å². The molecule has 2 aliphatic carbocycles. The van der Waals surface area contributed by atoms with Crippen LogP contribution in [-0.4, -0.2) is 43.4 Å². The molecule has 2 saturated carbocycles. The predicted molar refractivity (Wildman–Crippen MR) is 112 cm³/mol. The van der Waals surface area contributed by atoms with Gasteiger partial charge in [0.1, 0.15) is 11.2 Å². The van der Waals surface area contributed by atoms with Crippen LogP contribution in [0.1, 0.15) is 33.1 Å². The number of hydrogen-bond donors (Lipinski definition) is 2. The summed E-state index contributed by atoms with van der Waals surface area (Å²) in [5.74, 6) is -4.68. The second-order valence-electron chi connectivity index (χ2n) is 8.81. The summed E-state index contributed by atoms with van der Waals surface area (Å²) in [5.41, 5.74) is 2.05. The number of ether oxygens (including phenoxy) is 1. The van der Waals surface area contributed by atoms with Crippen molar-refractivity contribution < 1.29 is 32.2 Å². The molecule has 1 amide bonds. The highest BCUT2D eigenvalue weighted by Gasteiger charge is 2.74. The number of carboxylic acids is 1. The van der Waals surface area contributed by atoms with Gasteiger partial charge in [0.2, 0.25) is 5.91 Å². The Hall–Kier alpha value is -2.22. The number of carbonyl (C=O) groups excluding carboxylic acids is 1. The lowest BCUT2D eigenvalue weighted by Gasteiger charge is -2.32. The lowest BCUT2D eigenvalue weighted by molar-refractivity contribution is -0.156. The molecule has 1 aromatic rings. The Morgan fingerprint density at radius 2 is 2.06 bits per heavy atom. The van der Waals surface area contributed by atoms with E-state index in [1.54, 1.807) is 13.8 Å². The van der Waals surface area contributed by atoms with Gasteiger partial charge in [-0.25, -0.2) is 12.8 Å². The van der Waals surface area contributed by atoms with Gasteiger partial charge in [-0.15, -0.1) is 0 Å². The molecular weight excluding hydrogens is 463 g/mol. The fourth-order valence-electron chi connectivity index (χ4n) is 4.98. The number of benzene rings is 1. The number of hydrogen-bond acceptors (Lipinski definition) is 6. The highest BCUT2D eigenvalue weighted by atomic mass is 35.5. The van der Waals surface area contributed by atoms with Crippen LogP contribution in [0.2, 0.25) is 5.02 Å². The van der Waals surface area contributed by atoms with Crippen molar-refractivity contribution in [3.8, 4) is 6.07 Å². The molecule has 0 spiro atoms. The van der Waals surface area contributed by atoms with Crippen LogP contribution < -0.4 is 5.73 Å². The number of halogens is 2. The van der Waals surface area contributed by atoms with Crippen molar-refractivity contribution in [2.45, 2.75) is 49.4 Å². The molecule has 1 aromatic carbocycles. The second-order valence-corrected chi connectivity index (χ2v) is 11.4. The molecular formula is C21H24ClFN2O6S. The van der Waals surface area contributed by atoms with E-state index in [1.165, 1.54) is 0 Å². The number of nitrogens with two attached hydrogens (primary N) is 1. The molecule has 11 heteroatoms. The minimum Gasteiger partial charge on any atom is -0.481 e. The zero-order chi connectivity index (χ0) is 24.1. The molecule has 5 atom stereocenters. The summed E-state index contributed by atoms with van der Waals surface area (Å²) in [6.07, 6.45) is -0.731. The van der Waals surface area contributed by atoms with Crippen molar-refractivity contribution in [2.24, 2.45) is 28.4 Å². The van der Waals surface area contributed by atoms with E-state index in [4.69, 9.17) is 22.1 Å². The maximum absolute atomic E-state index is 13.4. The fourth-order valence-corrected chi connectivity index (χ4v) is 7.39. The molecule has 0 radical (unpaired) electrons. The van der Waals surface area contributed by atoms with Crippen LogP contribution in [0.3, 0.4) is 0 Å². The topological polar surface area (TPSA) is 148 Å². The molecule has 8 nitrogen and oxygen atoms in total. The highest BCUT2D eigenvalue weighted by Crippen LogP contribution is 2.68. The van der Waals surface area contributed by atoms with Gasteiger partial charge in [0.25, 0.3) is 0 Å². The van der Waals surface area contributed by atoms with Crippen LogP contribution in [0.5, 0.6) is 0 Å². The maximum atomic E-state index is 13.4. The first-order valence-electron chi connectivity index (χ1n) is 10.1. The number of carbonyl (C=O) groups is 2. The molecule has 0 heterocycles. The lowest BCUT2D eigenvalue weighted by Crippen LogP contribution is -2.43. The van der Waals surface area contributed by atoms with E-state index < -0.39 is 55.4 Å².